The average Bonchev–Trinajstić information content (AvgIpc) is 3.33. The van der Waals surface area contributed by atoms with Crippen LogP contribution in [-0.4, -0.2) is 89.4 Å². The summed E-state index contributed by atoms with van der Waals surface area (Å²) in [7, 11) is 0. The van der Waals surface area contributed by atoms with Crippen LogP contribution in [0, 0.1) is 22.0 Å². The zero-order valence-corrected chi connectivity index (χ0v) is 26.3. The molecule has 2 fully saturated rings. The van der Waals surface area contributed by atoms with E-state index in [1.807, 2.05) is 18.2 Å². The fourth-order valence-corrected chi connectivity index (χ4v) is 6.51. The topological polar surface area (TPSA) is 118 Å². The number of carbonyl (C=O) groups excluding carboxylic acids is 1. The quantitative estimate of drug-likeness (QED) is 0.145. The first-order valence-corrected chi connectivity index (χ1v) is 15.7. The molecule has 1 saturated heterocycles. The number of morpholine rings is 1. The molecule has 1 saturated carbocycles. The van der Waals surface area contributed by atoms with Crippen LogP contribution in [0.15, 0.2) is 36.4 Å². The SMILES string of the molecule is CC(C)(C)N(C[C@H]1C(Cl)CC[C@@H]1CCc1ccc(C(=O)OCCN2CCOCC2)cc1[N+](=O)[O-])c1cccc(CCO)n1. The minimum atomic E-state index is -0.553. The number of anilines is 1. The van der Waals surface area contributed by atoms with Crippen LogP contribution < -0.4 is 4.90 Å². The van der Waals surface area contributed by atoms with Gasteiger partial charge in [0.2, 0.25) is 0 Å². The van der Waals surface area contributed by atoms with Crippen LogP contribution in [0.4, 0.5) is 11.5 Å². The highest BCUT2D eigenvalue weighted by atomic mass is 35.5. The molecule has 0 amide bonds. The minimum Gasteiger partial charge on any atom is -0.461 e. The predicted octanol–water partition coefficient (Wildman–Crippen LogP) is 4.88. The monoisotopic (exact) mass is 616 g/mol. The molecule has 1 aromatic carbocycles. The molecule has 1 aliphatic heterocycles. The van der Waals surface area contributed by atoms with Crippen molar-refractivity contribution < 1.29 is 24.3 Å². The van der Waals surface area contributed by atoms with Gasteiger partial charge >= 0.3 is 5.97 Å². The highest BCUT2D eigenvalue weighted by molar-refractivity contribution is 6.21. The van der Waals surface area contributed by atoms with E-state index < -0.39 is 10.9 Å². The van der Waals surface area contributed by atoms with E-state index in [9.17, 15) is 20.0 Å². The number of halogens is 1. The van der Waals surface area contributed by atoms with Crippen molar-refractivity contribution in [3.63, 3.8) is 0 Å². The molecular formula is C32H45ClN4O6. The molecule has 10 nitrogen and oxygen atoms in total. The van der Waals surface area contributed by atoms with Crippen LogP contribution in [0.3, 0.4) is 0 Å². The fraction of sp³-hybridized carbons (Fsp3) is 0.625. The molecule has 2 aromatic rings. The van der Waals surface area contributed by atoms with Gasteiger partial charge < -0.3 is 19.5 Å². The van der Waals surface area contributed by atoms with E-state index in [0.717, 1.165) is 50.4 Å². The van der Waals surface area contributed by atoms with Gasteiger partial charge in [0.15, 0.2) is 0 Å². The van der Waals surface area contributed by atoms with E-state index >= 15 is 0 Å². The molecule has 1 N–H and O–H groups in total. The zero-order valence-electron chi connectivity index (χ0n) is 25.5. The summed E-state index contributed by atoms with van der Waals surface area (Å²) in [6.07, 6.45) is 3.63. The van der Waals surface area contributed by atoms with Gasteiger partial charge in [0.05, 0.1) is 23.7 Å². The molecule has 1 aliphatic carbocycles. The summed E-state index contributed by atoms with van der Waals surface area (Å²) in [5, 5.41) is 21.4. The number of carbonyl (C=O) groups is 1. The summed E-state index contributed by atoms with van der Waals surface area (Å²) in [4.78, 5) is 33.5. The maximum Gasteiger partial charge on any atom is 0.338 e. The summed E-state index contributed by atoms with van der Waals surface area (Å²) in [5.74, 6) is 0.778. The molecule has 0 bridgehead atoms. The Balaban J connectivity index is 1.41. The van der Waals surface area contributed by atoms with Gasteiger partial charge in [-0.2, -0.15) is 0 Å². The third kappa shape index (κ3) is 9.11. The number of aromatic nitrogens is 1. The van der Waals surface area contributed by atoms with Crippen LogP contribution in [0.2, 0.25) is 0 Å². The van der Waals surface area contributed by atoms with Gasteiger partial charge in [-0.25, -0.2) is 9.78 Å². The number of rotatable bonds is 13. The van der Waals surface area contributed by atoms with Gasteiger partial charge in [-0.15, -0.1) is 11.6 Å². The van der Waals surface area contributed by atoms with E-state index in [1.165, 1.54) is 6.07 Å². The number of ether oxygens (including phenoxy) is 2. The van der Waals surface area contributed by atoms with Crippen LogP contribution >= 0.6 is 11.6 Å². The Hall–Kier alpha value is -2.79. The molecule has 11 heteroatoms. The molecule has 4 rings (SSSR count). The van der Waals surface area contributed by atoms with E-state index in [-0.39, 0.29) is 47.2 Å². The third-order valence-electron chi connectivity index (χ3n) is 8.57. The second-order valence-electron chi connectivity index (χ2n) is 12.5. The van der Waals surface area contributed by atoms with Gasteiger partial charge in [-0.3, -0.25) is 15.0 Å². The number of aliphatic hydroxyl groups is 1. The number of hydrogen-bond acceptors (Lipinski definition) is 9. The number of pyridine rings is 1. The smallest absolute Gasteiger partial charge is 0.338 e. The maximum absolute atomic E-state index is 12.7. The summed E-state index contributed by atoms with van der Waals surface area (Å²) in [6.45, 7) is 11.0. The van der Waals surface area contributed by atoms with Crippen LogP contribution in [0.5, 0.6) is 0 Å². The number of alkyl halides is 1. The number of nitro benzene ring substituents is 1. The summed E-state index contributed by atoms with van der Waals surface area (Å²) < 4.78 is 10.7. The maximum atomic E-state index is 12.7. The van der Waals surface area contributed by atoms with Crippen molar-refractivity contribution in [3.05, 3.63) is 63.3 Å². The van der Waals surface area contributed by atoms with E-state index in [2.05, 4.69) is 30.6 Å². The first kappa shape index (κ1) is 33.1. The Morgan fingerprint density at radius 3 is 2.67 bits per heavy atom. The normalized spacial score (nSPS) is 21.1. The highest BCUT2D eigenvalue weighted by Gasteiger charge is 2.38. The lowest BCUT2D eigenvalue weighted by Crippen LogP contribution is -2.46. The molecule has 3 atom stereocenters. The Morgan fingerprint density at radius 1 is 1.21 bits per heavy atom. The molecule has 2 heterocycles. The van der Waals surface area contributed by atoms with Gasteiger partial charge in [-0.1, -0.05) is 12.1 Å². The molecule has 2 aliphatic rings. The third-order valence-corrected chi connectivity index (χ3v) is 9.11. The van der Waals surface area contributed by atoms with E-state index in [0.29, 0.717) is 38.2 Å². The predicted molar refractivity (Wildman–Crippen MR) is 167 cm³/mol. The Kier molecular flexibility index (Phi) is 11.8. The van der Waals surface area contributed by atoms with Crippen molar-refractivity contribution in [2.45, 2.75) is 63.8 Å². The number of hydrogen-bond donors (Lipinski definition) is 1. The Morgan fingerprint density at radius 2 is 1.98 bits per heavy atom. The Bertz CT molecular complexity index is 1230. The number of benzene rings is 1. The minimum absolute atomic E-state index is 0.0000639. The fourth-order valence-electron chi connectivity index (χ4n) is 6.10. The molecule has 0 spiro atoms. The molecule has 43 heavy (non-hydrogen) atoms. The molecule has 0 radical (unpaired) electrons. The molecular weight excluding hydrogens is 572 g/mol. The van der Waals surface area contributed by atoms with E-state index in [1.54, 1.807) is 12.1 Å². The van der Waals surface area contributed by atoms with Crippen LogP contribution in [0.25, 0.3) is 0 Å². The van der Waals surface area contributed by atoms with Crippen molar-refractivity contribution in [3.8, 4) is 0 Å². The number of aryl methyl sites for hydroxylation is 1. The summed E-state index contributed by atoms with van der Waals surface area (Å²) >= 11 is 6.90. The van der Waals surface area contributed by atoms with Crippen molar-refractivity contribution in [1.29, 1.82) is 0 Å². The lowest BCUT2D eigenvalue weighted by molar-refractivity contribution is -0.385. The van der Waals surface area contributed by atoms with Crippen LogP contribution in [0.1, 0.15) is 61.6 Å². The first-order valence-electron chi connectivity index (χ1n) is 15.3. The number of aliphatic hydroxyl groups excluding tert-OH is 1. The van der Waals surface area contributed by atoms with E-state index in [4.69, 9.17) is 26.1 Å². The Labute approximate surface area is 259 Å². The van der Waals surface area contributed by atoms with Crippen molar-refractivity contribution in [1.82, 2.24) is 9.88 Å². The second-order valence-corrected chi connectivity index (χ2v) is 13.0. The first-order chi connectivity index (χ1) is 20.6. The van der Waals surface area contributed by atoms with Crippen molar-refractivity contribution in [2.75, 3.05) is 57.5 Å². The number of nitro groups is 1. The standard InChI is InChI=1S/C32H45ClN4O6/c1-32(2,3)36(30-6-4-5-26(34-30)13-17-38)22-27-23(11-12-28(27)33)7-8-24-9-10-25(21-29(24)37(40)41)31(39)43-20-16-35-14-18-42-19-15-35/h4-6,9-10,21,23,27-28,38H,7-8,11-20,22H2,1-3H3/t23-,27+,28?/m0/s1. The number of nitrogens with zero attached hydrogens (tertiary/aromatic N) is 4. The zero-order chi connectivity index (χ0) is 31.0. The van der Waals surface area contributed by atoms with Crippen molar-refractivity contribution >= 4 is 29.1 Å². The average molecular weight is 617 g/mol. The van der Waals surface area contributed by atoms with Gasteiger partial charge in [0.1, 0.15) is 12.4 Å². The van der Waals surface area contributed by atoms with Gasteiger partial charge in [0, 0.05) is 67.4 Å². The summed E-state index contributed by atoms with van der Waals surface area (Å²) in [6, 6.07) is 10.6. The van der Waals surface area contributed by atoms with Crippen molar-refractivity contribution in [2.24, 2.45) is 11.8 Å². The number of esters is 1. The molecule has 236 valence electrons. The van der Waals surface area contributed by atoms with Gasteiger partial charge in [-0.05, 0) is 76.5 Å². The lowest BCUT2D eigenvalue weighted by Gasteiger charge is -2.40. The van der Waals surface area contributed by atoms with Crippen LogP contribution in [-0.2, 0) is 22.3 Å². The lowest BCUT2D eigenvalue weighted by atomic mass is 9.88. The van der Waals surface area contributed by atoms with Gasteiger partial charge in [0.25, 0.3) is 5.69 Å². The molecule has 1 aromatic heterocycles. The highest BCUT2D eigenvalue weighted by Crippen LogP contribution is 2.41. The largest absolute Gasteiger partial charge is 0.461 e. The molecule has 1 unspecified atom stereocenters. The summed E-state index contributed by atoms with van der Waals surface area (Å²) in [5.41, 5.74) is 1.38. The second kappa shape index (κ2) is 15.3.